The fourth-order valence-corrected chi connectivity index (χ4v) is 3.87. The number of nitrogens with zero attached hydrogens (tertiary/aromatic N) is 2. The number of halogens is 1. The average Bonchev–Trinajstić information content (AvgIpc) is 3.25. The lowest BCUT2D eigenvalue weighted by atomic mass is 10.0. The van der Waals surface area contributed by atoms with Gasteiger partial charge in [-0.2, -0.15) is 0 Å². The molecule has 1 aromatic carbocycles. The van der Waals surface area contributed by atoms with E-state index >= 15 is 0 Å². The van der Waals surface area contributed by atoms with E-state index in [1.165, 1.54) is 4.90 Å². The number of benzene rings is 1. The Morgan fingerprint density at radius 2 is 1.81 bits per heavy atom. The predicted molar refractivity (Wildman–Crippen MR) is 101 cm³/mol. The molecule has 8 heteroatoms. The first kappa shape index (κ1) is 19.8. The van der Waals surface area contributed by atoms with Crippen LogP contribution < -0.4 is 5.73 Å². The molecule has 2 N–H and O–H groups in total. The van der Waals surface area contributed by atoms with Gasteiger partial charge in [0.05, 0.1) is 23.8 Å². The smallest absolute Gasteiger partial charge is 0.261 e. The van der Waals surface area contributed by atoms with E-state index in [2.05, 4.69) is 0 Å². The zero-order chi connectivity index (χ0) is 18.3. The molecule has 3 amide bonds. The van der Waals surface area contributed by atoms with Crippen LogP contribution in [0.15, 0.2) is 18.2 Å². The number of nitrogens with two attached hydrogens (primary N) is 1. The van der Waals surface area contributed by atoms with Gasteiger partial charge in [-0.15, -0.1) is 12.4 Å². The van der Waals surface area contributed by atoms with Gasteiger partial charge in [0.25, 0.3) is 17.7 Å². The summed E-state index contributed by atoms with van der Waals surface area (Å²) >= 11 is 0. The summed E-state index contributed by atoms with van der Waals surface area (Å²) in [6, 6.07) is 4.93. The van der Waals surface area contributed by atoms with Crippen LogP contribution in [0.5, 0.6) is 0 Å². The molecule has 146 valence electrons. The zero-order valence-electron chi connectivity index (χ0n) is 15.1. The predicted octanol–water partition coefficient (Wildman–Crippen LogP) is 1.45. The lowest BCUT2D eigenvalue weighted by Gasteiger charge is -2.30. The molecule has 3 aliphatic heterocycles. The standard InChI is InChI=1S/C19H23N3O4.ClH/c20-13-5-7-21(8-6-13)17(23)12-3-4-15-16(10-12)19(25)22(18(15)24)11-14-2-1-9-26-14;/h3-4,10,13-14H,1-2,5-9,11,20H2;1H. The van der Waals surface area contributed by atoms with Crippen molar-refractivity contribution in [3.63, 3.8) is 0 Å². The number of carbonyl (C=O) groups is 3. The maximum atomic E-state index is 12.7. The van der Waals surface area contributed by atoms with Gasteiger partial charge in [0.15, 0.2) is 0 Å². The Kier molecular flexibility index (Phi) is 5.83. The molecule has 2 fully saturated rings. The number of hydrogen-bond donors (Lipinski definition) is 1. The number of amides is 3. The molecule has 27 heavy (non-hydrogen) atoms. The minimum Gasteiger partial charge on any atom is -0.376 e. The first-order chi connectivity index (χ1) is 12.5. The number of ether oxygens (including phenoxy) is 1. The van der Waals surface area contributed by atoms with Crippen LogP contribution in [0.4, 0.5) is 0 Å². The highest BCUT2D eigenvalue weighted by atomic mass is 35.5. The number of likely N-dealkylation sites (tertiary alicyclic amines) is 1. The number of imide groups is 1. The van der Waals surface area contributed by atoms with Gasteiger partial charge in [0, 0.05) is 31.3 Å². The van der Waals surface area contributed by atoms with Crippen molar-refractivity contribution in [2.45, 2.75) is 37.8 Å². The van der Waals surface area contributed by atoms with Crippen LogP contribution in [-0.2, 0) is 4.74 Å². The van der Waals surface area contributed by atoms with Crippen LogP contribution >= 0.6 is 12.4 Å². The molecule has 0 aromatic heterocycles. The summed E-state index contributed by atoms with van der Waals surface area (Å²) in [5.74, 6) is -0.753. The van der Waals surface area contributed by atoms with Crippen molar-refractivity contribution in [1.29, 1.82) is 0 Å². The van der Waals surface area contributed by atoms with Gasteiger partial charge in [0.2, 0.25) is 0 Å². The third-order valence-corrected chi connectivity index (χ3v) is 5.45. The Labute approximate surface area is 164 Å². The Morgan fingerprint density at radius 1 is 1.11 bits per heavy atom. The van der Waals surface area contributed by atoms with Crippen molar-refractivity contribution in [3.8, 4) is 0 Å². The van der Waals surface area contributed by atoms with Crippen molar-refractivity contribution in [2.75, 3.05) is 26.2 Å². The fraction of sp³-hybridized carbons (Fsp3) is 0.526. The van der Waals surface area contributed by atoms with Crippen LogP contribution in [-0.4, -0.2) is 65.9 Å². The quantitative estimate of drug-likeness (QED) is 0.784. The average molecular weight is 394 g/mol. The van der Waals surface area contributed by atoms with Crippen LogP contribution in [0.25, 0.3) is 0 Å². The van der Waals surface area contributed by atoms with Crippen LogP contribution in [0.2, 0.25) is 0 Å². The van der Waals surface area contributed by atoms with E-state index in [9.17, 15) is 14.4 Å². The second-order valence-corrected chi connectivity index (χ2v) is 7.25. The van der Waals surface area contributed by atoms with E-state index < -0.39 is 0 Å². The van der Waals surface area contributed by atoms with Gasteiger partial charge in [-0.3, -0.25) is 19.3 Å². The topological polar surface area (TPSA) is 92.9 Å². The molecule has 0 saturated carbocycles. The zero-order valence-corrected chi connectivity index (χ0v) is 15.9. The molecule has 1 unspecified atom stereocenters. The van der Waals surface area contributed by atoms with Gasteiger partial charge in [-0.05, 0) is 43.9 Å². The maximum Gasteiger partial charge on any atom is 0.261 e. The monoisotopic (exact) mass is 393 g/mol. The molecule has 0 aliphatic carbocycles. The second-order valence-electron chi connectivity index (χ2n) is 7.25. The molecule has 0 spiro atoms. The highest BCUT2D eigenvalue weighted by Gasteiger charge is 2.38. The SMILES string of the molecule is Cl.NC1CCN(C(=O)c2ccc3c(c2)C(=O)N(CC2CCCO2)C3=O)CC1. The molecular weight excluding hydrogens is 370 g/mol. The largest absolute Gasteiger partial charge is 0.376 e. The Hall–Kier alpha value is -1.96. The number of carbonyl (C=O) groups excluding carboxylic acids is 3. The normalized spacial score (nSPS) is 22.8. The molecule has 2 saturated heterocycles. The summed E-state index contributed by atoms with van der Waals surface area (Å²) < 4.78 is 5.54. The highest BCUT2D eigenvalue weighted by molar-refractivity contribution is 6.22. The first-order valence-electron chi connectivity index (χ1n) is 9.21. The molecule has 1 aromatic rings. The van der Waals surface area contributed by atoms with Crippen molar-refractivity contribution in [3.05, 3.63) is 34.9 Å². The van der Waals surface area contributed by atoms with Crippen LogP contribution in [0, 0.1) is 0 Å². The molecular formula is C19H24ClN3O4. The Morgan fingerprint density at radius 3 is 2.48 bits per heavy atom. The maximum absolute atomic E-state index is 12.7. The van der Waals surface area contributed by atoms with Gasteiger partial charge < -0.3 is 15.4 Å². The molecule has 3 heterocycles. The van der Waals surface area contributed by atoms with Gasteiger partial charge in [0.1, 0.15) is 0 Å². The summed E-state index contributed by atoms with van der Waals surface area (Å²) in [7, 11) is 0. The summed E-state index contributed by atoms with van der Waals surface area (Å²) in [5.41, 5.74) is 7.01. The highest BCUT2D eigenvalue weighted by Crippen LogP contribution is 2.26. The Balaban J connectivity index is 0.00000210. The molecule has 4 rings (SSSR count). The molecule has 7 nitrogen and oxygen atoms in total. The summed E-state index contributed by atoms with van der Waals surface area (Å²) in [5, 5.41) is 0. The van der Waals surface area contributed by atoms with Crippen molar-refractivity contribution in [1.82, 2.24) is 9.80 Å². The summed E-state index contributed by atoms with van der Waals surface area (Å²) in [6.45, 7) is 2.19. The summed E-state index contributed by atoms with van der Waals surface area (Å²) in [6.07, 6.45) is 3.28. The van der Waals surface area contributed by atoms with Crippen LogP contribution in [0.3, 0.4) is 0 Å². The minimum atomic E-state index is -0.337. The second kappa shape index (κ2) is 7.96. The number of fused-ring (bicyclic) bond motifs is 1. The van der Waals surface area contributed by atoms with E-state index in [0.29, 0.717) is 36.4 Å². The van der Waals surface area contributed by atoms with Crippen molar-refractivity contribution in [2.24, 2.45) is 5.73 Å². The fourth-order valence-electron chi connectivity index (χ4n) is 3.87. The molecule has 0 bridgehead atoms. The third kappa shape index (κ3) is 3.72. The summed E-state index contributed by atoms with van der Waals surface area (Å²) in [4.78, 5) is 41.0. The van der Waals surface area contributed by atoms with Gasteiger partial charge in [-0.25, -0.2) is 0 Å². The third-order valence-electron chi connectivity index (χ3n) is 5.45. The Bertz CT molecular complexity index is 755. The van der Waals surface area contributed by atoms with Gasteiger partial charge in [-0.1, -0.05) is 0 Å². The molecule has 1 atom stereocenters. The number of hydrogen-bond acceptors (Lipinski definition) is 5. The van der Waals surface area contributed by atoms with E-state index in [-0.39, 0.29) is 48.8 Å². The van der Waals surface area contributed by atoms with E-state index in [1.807, 2.05) is 0 Å². The van der Waals surface area contributed by atoms with Crippen molar-refractivity contribution < 1.29 is 19.1 Å². The van der Waals surface area contributed by atoms with E-state index in [4.69, 9.17) is 10.5 Å². The first-order valence-corrected chi connectivity index (χ1v) is 9.21. The van der Waals surface area contributed by atoms with E-state index in [0.717, 1.165) is 25.7 Å². The number of piperidine rings is 1. The molecule has 0 radical (unpaired) electrons. The van der Waals surface area contributed by atoms with Crippen molar-refractivity contribution >= 4 is 30.1 Å². The van der Waals surface area contributed by atoms with Gasteiger partial charge >= 0.3 is 0 Å². The van der Waals surface area contributed by atoms with Crippen LogP contribution in [0.1, 0.15) is 56.8 Å². The minimum absolute atomic E-state index is 0. The molecule has 3 aliphatic rings. The number of rotatable bonds is 3. The lowest BCUT2D eigenvalue weighted by Crippen LogP contribution is -2.42. The van der Waals surface area contributed by atoms with E-state index in [1.54, 1.807) is 23.1 Å². The lowest BCUT2D eigenvalue weighted by molar-refractivity contribution is 0.0475.